The molecule has 2 heterocycles. The van der Waals surface area contributed by atoms with Gasteiger partial charge in [0, 0.05) is 0 Å². The van der Waals surface area contributed by atoms with Crippen molar-refractivity contribution in [2.24, 2.45) is 0 Å². The molecule has 0 fully saturated rings. The van der Waals surface area contributed by atoms with Gasteiger partial charge in [-0.1, -0.05) is 12.1 Å². The number of anilines is 1. The third-order valence-electron chi connectivity index (χ3n) is 2.04. The number of H-pyrrole nitrogens is 1. The topological polar surface area (TPSA) is 67.3 Å². The van der Waals surface area contributed by atoms with Gasteiger partial charge in [-0.3, -0.25) is 4.98 Å². The van der Waals surface area contributed by atoms with Crippen LogP contribution in [-0.4, -0.2) is 4.98 Å². The summed E-state index contributed by atoms with van der Waals surface area (Å²) in [5.74, 6) is 1.08. The normalized spacial score (nSPS) is 12.3. The molecule has 1 aromatic heterocycles. The summed E-state index contributed by atoms with van der Waals surface area (Å²) in [7, 11) is 0. The Morgan fingerprint density at radius 2 is 2.07 bits per heavy atom. The molecule has 0 amide bonds. The highest BCUT2D eigenvalue weighted by atomic mass is 16.7. The number of nitrogens with one attached hydrogen (secondary N) is 2. The molecule has 2 N–H and O–H groups in total. The highest BCUT2D eigenvalue weighted by Gasteiger charge is 2.21. The van der Waals surface area contributed by atoms with E-state index < -0.39 is 5.76 Å². The van der Waals surface area contributed by atoms with Crippen LogP contribution in [0.1, 0.15) is 0 Å². The van der Waals surface area contributed by atoms with E-state index in [0.717, 1.165) is 5.56 Å². The standard InChI is InChI=1S/C9H6N2O3/c12-9-10-8-7(13-9)5-3-1-2-4-6(5)14-11-8/h1-4,11H,(H,10,12). The lowest BCUT2D eigenvalue weighted by Crippen LogP contribution is -2.11. The van der Waals surface area contributed by atoms with Gasteiger partial charge in [0.25, 0.3) is 0 Å². The quantitative estimate of drug-likeness (QED) is 0.658. The maximum atomic E-state index is 10.9. The van der Waals surface area contributed by atoms with Crippen LogP contribution in [-0.2, 0) is 0 Å². The Kier molecular flexibility index (Phi) is 1.25. The van der Waals surface area contributed by atoms with Crippen LogP contribution in [0.3, 0.4) is 0 Å². The minimum atomic E-state index is -0.497. The minimum Gasteiger partial charge on any atom is -0.405 e. The van der Waals surface area contributed by atoms with Gasteiger partial charge in [-0.05, 0) is 12.1 Å². The number of fused-ring (bicyclic) bond motifs is 3. The van der Waals surface area contributed by atoms with Crippen LogP contribution < -0.4 is 16.1 Å². The van der Waals surface area contributed by atoms with Gasteiger partial charge in [-0.15, -0.1) is 0 Å². The highest BCUT2D eigenvalue weighted by Crippen LogP contribution is 2.36. The molecule has 0 saturated heterocycles. The number of para-hydroxylation sites is 1. The summed E-state index contributed by atoms with van der Waals surface area (Å²) in [5.41, 5.74) is 3.35. The molecular formula is C9H6N2O3. The van der Waals surface area contributed by atoms with Gasteiger partial charge in [-0.25, -0.2) is 10.3 Å². The molecule has 5 nitrogen and oxygen atoms in total. The minimum absolute atomic E-state index is 0.453. The summed E-state index contributed by atoms with van der Waals surface area (Å²) in [6.07, 6.45) is 0. The van der Waals surface area contributed by atoms with E-state index in [1.165, 1.54) is 0 Å². The maximum absolute atomic E-state index is 10.9. The fourth-order valence-electron chi connectivity index (χ4n) is 1.44. The first-order valence-electron chi connectivity index (χ1n) is 4.10. The second-order valence-corrected chi connectivity index (χ2v) is 2.92. The van der Waals surface area contributed by atoms with Gasteiger partial charge in [0.15, 0.2) is 17.3 Å². The Labute approximate surface area is 78.3 Å². The molecule has 70 valence electrons. The average molecular weight is 190 g/mol. The van der Waals surface area contributed by atoms with Gasteiger partial charge >= 0.3 is 5.76 Å². The van der Waals surface area contributed by atoms with Crippen LogP contribution in [0.25, 0.3) is 11.3 Å². The van der Waals surface area contributed by atoms with E-state index >= 15 is 0 Å². The summed E-state index contributed by atoms with van der Waals surface area (Å²) < 4.78 is 4.98. The Bertz CT molecular complexity index is 541. The number of hydrogen-bond acceptors (Lipinski definition) is 4. The number of aromatic amines is 1. The molecule has 0 saturated carbocycles. The lowest BCUT2D eigenvalue weighted by atomic mass is 10.1. The Morgan fingerprint density at radius 3 is 3.00 bits per heavy atom. The van der Waals surface area contributed by atoms with Crippen LogP contribution in [0.15, 0.2) is 33.5 Å². The van der Waals surface area contributed by atoms with E-state index in [4.69, 9.17) is 9.25 Å². The molecule has 1 aliphatic rings. The zero-order valence-corrected chi connectivity index (χ0v) is 7.03. The second kappa shape index (κ2) is 2.41. The van der Waals surface area contributed by atoms with Crippen LogP contribution in [0.5, 0.6) is 5.75 Å². The molecule has 1 aliphatic heterocycles. The Balaban J connectivity index is 2.33. The first-order valence-corrected chi connectivity index (χ1v) is 4.10. The van der Waals surface area contributed by atoms with Crippen LogP contribution in [0.4, 0.5) is 5.82 Å². The van der Waals surface area contributed by atoms with Gasteiger partial charge < -0.3 is 9.25 Å². The van der Waals surface area contributed by atoms with Crippen molar-refractivity contribution in [3.63, 3.8) is 0 Å². The number of benzene rings is 1. The first kappa shape index (κ1) is 7.25. The predicted molar refractivity (Wildman–Crippen MR) is 49.0 cm³/mol. The molecule has 0 bridgehead atoms. The zero-order valence-electron chi connectivity index (χ0n) is 7.03. The molecular weight excluding hydrogens is 184 g/mol. The third kappa shape index (κ3) is 0.861. The van der Waals surface area contributed by atoms with Crippen LogP contribution in [0.2, 0.25) is 0 Å². The fraction of sp³-hybridized carbons (Fsp3) is 0. The van der Waals surface area contributed by atoms with Crippen LogP contribution in [0, 0.1) is 0 Å². The fourth-order valence-corrected chi connectivity index (χ4v) is 1.44. The Morgan fingerprint density at radius 1 is 1.21 bits per heavy atom. The molecule has 0 aliphatic carbocycles. The molecule has 2 aromatic rings. The molecule has 14 heavy (non-hydrogen) atoms. The monoisotopic (exact) mass is 190 g/mol. The molecule has 0 radical (unpaired) electrons. The van der Waals surface area contributed by atoms with Gasteiger partial charge in [0.05, 0.1) is 5.56 Å². The second-order valence-electron chi connectivity index (χ2n) is 2.92. The van der Waals surface area contributed by atoms with Crippen molar-refractivity contribution >= 4 is 5.82 Å². The van der Waals surface area contributed by atoms with Crippen molar-refractivity contribution in [1.29, 1.82) is 0 Å². The zero-order chi connectivity index (χ0) is 9.54. The van der Waals surface area contributed by atoms with Gasteiger partial charge in [-0.2, -0.15) is 0 Å². The smallest absolute Gasteiger partial charge is 0.405 e. The predicted octanol–water partition coefficient (Wildman–Crippen LogP) is 1.35. The van der Waals surface area contributed by atoms with Crippen molar-refractivity contribution in [3.05, 3.63) is 34.8 Å². The molecule has 5 heteroatoms. The average Bonchev–Trinajstić information content (AvgIpc) is 2.59. The van der Waals surface area contributed by atoms with Gasteiger partial charge in [0.1, 0.15) is 0 Å². The van der Waals surface area contributed by atoms with Crippen molar-refractivity contribution in [1.82, 2.24) is 4.98 Å². The number of aromatic nitrogens is 1. The Hall–Kier alpha value is -2.17. The van der Waals surface area contributed by atoms with Crippen molar-refractivity contribution in [2.45, 2.75) is 0 Å². The van der Waals surface area contributed by atoms with E-state index in [1.807, 2.05) is 18.2 Å². The summed E-state index contributed by atoms with van der Waals surface area (Å²) in [4.78, 5) is 18.6. The molecule has 0 spiro atoms. The largest absolute Gasteiger partial charge is 0.418 e. The van der Waals surface area contributed by atoms with Gasteiger partial charge in [0.2, 0.25) is 0 Å². The number of oxazole rings is 1. The molecule has 0 atom stereocenters. The lowest BCUT2D eigenvalue weighted by Gasteiger charge is -2.15. The molecule has 3 rings (SSSR count). The van der Waals surface area contributed by atoms with Crippen molar-refractivity contribution in [2.75, 3.05) is 5.48 Å². The summed E-state index contributed by atoms with van der Waals surface area (Å²) in [6.45, 7) is 0. The molecule has 0 unspecified atom stereocenters. The van der Waals surface area contributed by atoms with E-state index in [2.05, 4.69) is 10.5 Å². The third-order valence-corrected chi connectivity index (χ3v) is 2.04. The number of hydrogen-bond donors (Lipinski definition) is 2. The first-order chi connectivity index (χ1) is 6.84. The van der Waals surface area contributed by atoms with E-state index in [9.17, 15) is 4.79 Å². The van der Waals surface area contributed by atoms with E-state index in [1.54, 1.807) is 6.07 Å². The maximum Gasteiger partial charge on any atom is 0.418 e. The summed E-state index contributed by atoms with van der Waals surface area (Å²) in [6, 6.07) is 7.31. The van der Waals surface area contributed by atoms with E-state index in [0.29, 0.717) is 17.3 Å². The van der Waals surface area contributed by atoms with E-state index in [-0.39, 0.29) is 0 Å². The summed E-state index contributed by atoms with van der Waals surface area (Å²) in [5, 5.41) is 0. The highest BCUT2D eigenvalue weighted by molar-refractivity contribution is 5.76. The van der Waals surface area contributed by atoms with Crippen LogP contribution >= 0.6 is 0 Å². The van der Waals surface area contributed by atoms with Crippen molar-refractivity contribution in [3.8, 4) is 17.1 Å². The SMILES string of the molecule is O=c1[nH]c2c(o1)-c1ccccc1ON2. The van der Waals surface area contributed by atoms with Crippen molar-refractivity contribution < 1.29 is 9.25 Å². The molecule has 1 aromatic carbocycles. The lowest BCUT2D eigenvalue weighted by molar-refractivity contribution is 0.395. The summed E-state index contributed by atoms with van der Waals surface area (Å²) >= 11 is 0. The number of rotatable bonds is 0.